The van der Waals surface area contributed by atoms with Crippen LogP contribution in [0.15, 0.2) is 24.3 Å². The van der Waals surface area contributed by atoms with Crippen LogP contribution in [-0.2, 0) is 9.53 Å². The Kier molecular flexibility index (Phi) is 3.80. The SMILES string of the molecule is CC(C)(C)C(=O)OC1CC(c2cccc(N)c2)CN1. The van der Waals surface area contributed by atoms with Crippen LogP contribution in [0, 0.1) is 5.41 Å². The first-order valence-corrected chi connectivity index (χ1v) is 6.66. The van der Waals surface area contributed by atoms with E-state index < -0.39 is 5.41 Å². The molecule has 1 aliphatic heterocycles. The van der Waals surface area contributed by atoms with Crippen LogP contribution in [-0.4, -0.2) is 18.7 Å². The maximum absolute atomic E-state index is 11.8. The molecule has 1 saturated heterocycles. The first-order valence-electron chi connectivity index (χ1n) is 6.66. The van der Waals surface area contributed by atoms with Gasteiger partial charge in [-0.3, -0.25) is 10.1 Å². The van der Waals surface area contributed by atoms with E-state index in [9.17, 15) is 4.79 Å². The highest BCUT2D eigenvalue weighted by atomic mass is 16.6. The lowest BCUT2D eigenvalue weighted by atomic mass is 9.96. The number of nitrogen functional groups attached to an aromatic ring is 1. The van der Waals surface area contributed by atoms with Gasteiger partial charge in [0.15, 0.2) is 6.23 Å². The first kappa shape index (κ1) is 13.9. The van der Waals surface area contributed by atoms with Gasteiger partial charge in [-0.2, -0.15) is 0 Å². The summed E-state index contributed by atoms with van der Waals surface area (Å²) in [6.07, 6.45) is 0.601. The number of anilines is 1. The van der Waals surface area contributed by atoms with E-state index in [1.54, 1.807) is 0 Å². The molecule has 0 aromatic heterocycles. The molecule has 3 N–H and O–H groups in total. The monoisotopic (exact) mass is 262 g/mol. The molecule has 19 heavy (non-hydrogen) atoms. The second-order valence-corrected chi connectivity index (χ2v) is 6.15. The number of hydrogen-bond acceptors (Lipinski definition) is 4. The number of ether oxygens (including phenoxy) is 1. The summed E-state index contributed by atoms with van der Waals surface area (Å²) in [4.78, 5) is 11.8. The molecular weight excluding hydrogens is 240 g/mol. The lowest BCUT2D eigenvalue weighted by molar-refractivity contribution is -0.159. The molecule has 0 bridgehead atoms. The van der Waals surface area contributed by atoms with Crippen LogP contribution >= 0.6 is 0 Å². The fourth-order valence-electron chi connectivity index (χ4n) is 2.16. The third-order valence-corrected chi connectivity index (χ3v) is 3.33. The maximum Gasteiger partial charge on any atom is 0.312 e. The average molecular weight is 262 g/mol. The maximum atomic E-state index is 11.8. The van der Waals surface area contributed by atoms with Crippen LogP contribution in [0.3, 0.4) is 0 Å². The van der Waals surface area contributed by atoms with Gasteiger partial charge in [-0.25, -0.2) is 0 Å². The lowest BCUT2D eigenvalue weighted by Crippen LogP contribution is -2.33. The summed E-state index contributed by atoms with van der Waals surface area (Å²) in [7, 11) is 0. The summed E-state index contributed by atoms with van der Waals surface area (Å²) in [6, 6.07) is 7.89. The summed E-state index contributed by atoms with van der Waals surface area (Å²) >= 11 is 0. The number of carbonyl (C=O) groups is 1. The topological polar surface area (TPSA) is 64.3 Å². The molecule has 1 aromatic carbocycles. The van der Waals surface area contributed by atoms with Gasteiger partial charge in [-0.1, -0.05) is 12.1 Å². The molecule has 2 rings (SSSR count). The van der Waals surface area contributed by atoms with Crippen molar-refractivity contribution < 1.29 is 9.53 Å². The molecule has 0 radical (unpaired) electrons. The van der Waals surface area contributed by atoms with Crippen molar-refractivity contribution in [3.05, 3.63) is 29.8 Å². The number of nitrogens with one attached hydrogen (secondary N) is 1. The van der Waals surface area contributed by atoms with Crippen molar-refractivity contribution in [2.45, 2.75) is 39.3 Å². The van der Waals surface area contributed by atoms with E-state index in [0.29, 0.717) is 5.92 Å². The highest BCUT2D eigenvalue weighted by molar-refractivity contribution is 5.75. The Bertz CT molecular complexity index is 465. The van der Waals surface area contributed by atoms with Gasteiger partial charge in [0.25, 0.3) is 0 Å². The van der Waals surface area contributed by atoms with Gasteiger partial charge in [0.05, 0.1) is 5.41 Å². The number of nitrogens with two attached hydrogens (primary N) is 1. The van der Waals surface area contributed by atoms with Crippen LogP contribution < -0.4 is 11.1 Å². The van der Waals surface area contributed by atoms with E-state index in [1.165, 1.54) is 5.56 Å². The summed E-state index contributed by atoms with van der Waals surface area (Å²) in [5.41, 5.74) is 7.30. The number of esters is 1. The number of rotatable bonds is 2. The van der Waals surface area contributed by atoms with E-state index in [1.807, 2.05) is 39.0 Å². The Labute approximate surface area is 114 Å². The van der Waals surface area contributed by atoms with E-state index in [0.717, 1.165) is 18.7 Å². The van der Waals surface area contributed by atoms with Gasteiger partial charge < -0.3 is 10.5 Å². The quantitative estimate of drug-likeness (QED) is 0.634. The van der Waals surface area contributed by atoms with E-state index in [2.05, 4.69) is 11.4 Å². The molecule has 2 unspecified atom stereocenters. The zero-order valence-electron chi connectivity index (χ0n) is 11.8. The minimum absolute atomic E-state index is 0.168. The predicted octanol–water partition coefficient (Wildman–Crippen LogP) is 2.26. The second-order valence-electron chi connectivity index (χ2n) is 6.15. The smallest absolute Gasteiger partial charge is 0.312 e. The van der Waals surface area contributed by atoms with Crippen molar-refractivity contribution in [3.8, 4) is 0 Å². The third kappa shape index (κ3) is 3.47. The minimum Gasteiger partial charge on any atom is -0.446 e. The third-order valence-electron chi connectivity index (χ3n) is 3.33. The van der Waals surface area contributed by atoms with Crippen LogP contribution in [0.25, 0.3) is 0 Å². The van der Waals surface area contributed by atoms with Gasteiger partial charge >= 0.3 is 5.97 Å². The van der Waals surface area contributed by atoms with Crippen molar-refractivity contribution in [1.29, 1.82) is 0 Å². The standard InChI is InChI=1S/C15H22N2O2/c1-15(2,3)14(18)19-13-8-11(9-17-13)10-5-4-6-12(16)7-10/h4-7,11,13,17H,8-9,16H2,1-3H3. The van der Waals surface area contributed by atoms with Crippen molar-refractivity contribution >= 4 is 11.7 Å². The first-order chi connectivity index (χ1) is 8.86. The van der Waals surface area contributed by atoms with Crippen LogP contribution in [0.4, 0.5) is 5.69 Å². The molecule has 0 aliphatic carbocycles. The Morgan fingerprint density at radius 2 is 2.16 bits per heavy atom. The van der Waals surface area contributed by atoms with Crippen LogP contribution in [0.5, 0.6) is 0 Å². The molecule has 104 valence electrons. The normalized spacial score (nSPS) is 23.3. The second kappa shape index (κ2) is 5.21. The molecule has 1 aliphatic rings. The average Bonchev–Trinajstić information content (AvgIpc) is 2.76. The van der Waals surface area contributed by atoms with E-state index >= 15 is 0 Å². The largest absolute Gasteiger partial charge is 0.446 e. The van der Waals surface area contributed by atoms with Gasteiger partial charge in [0.2, 0.25) is 0 Å². The zero-order chi connectivity index (χ0) is 14.0. The van der Waals surface area contributed by atoms with Gasteiger partial charge in [-0.05, 0) is 38.5 Å². The highest BCUT2D eigenvalue weighted by Gasteiger charge is 2.31. The fourth-order valence-corrected chi connectivity index (χ4v) is 2.16. The lowest BCUT2D eigenvalue weighted by Gasteiger charge is -2.20. The minimum atomic E-state index is -0.461. The predicted molar refractivity (Wildman–Crippen MR) is 75.6 cm³/mol. The summed E-state index contributed by atoms with van der Waals surface area (Å²) in [6.45, 7) is 6.39. The molecule has 1 aromatic rings. The molecule has 4 nitrogen and oxygen atoms in total. The Balaban J connectivity index is 1.95. The Morgan fingerprint density at radius 3 is 2.79 bits per heavy atom. The number of hydrogen-bond donors (Lipinski definition) is 2. The summed E-state index contributed by atoms with van der Waals surface area (Å²) in [5.74, 6) is 0.180. The number of carbonyl (C=O) groups excluding carboxylic acids is 1. The number of benzene rings is 1. The molecule has 1 heterocycles. The van der Waals surface area contributed by atoms with Gasteiger partial charge in [0.1, 0.15) is 0 Å². The van der Waals surface area contributed by atoms with Crippen molar-refractivity contribution in [3.63, 3.8) is 0 Å². The molecule has 2 atom stereocenters. The Morgan fingerprint density at radius 1 is 1.42 bits per heavy atom. The molecule has 4 heteroatoms. The van der Waals surface area contributed by atoms with Crippen molar-refractivity contribution in [1.82, 2.24) is 5.32 Å². The summed E-state index contributed by atoms with van der Waals surface area (Å²) < 4.78 is 5.48. The van der Waals surface area contributed by atoms with Crippen molar-refractivity contribution in [2.75, 3.05) is 12.3 Å². The summed E-state index contributed by atoms with van der Waals surface area (Å²) in [5, 5.41) is 3.24. The van der Waals surface area contributed by atoms with E-state index in [-0.39, 0.29) is 12.2 Å². The van der Waals surface area contributed by atoms with Gasteiger partial charge in [0, 0.05) is 24.6 Å². The van der Waals surface area contributed by atoms with Crippen molar-refractivity contribution in [2.24, 2.45) is 5.41 Å². The van der Waals surface area contributed by atoms with E-state index in [4.69, 9.17) is 10.5 Å². The highest BCUT2D eigenvalue weighted by Crippen LogP contribution is 2.28. The van der Waals surface area contributed by atoms with Crippen LogP contribution in [0.2, 0.25) is 0 Å². The molecule has 0 saturated carbocycles. The van der Waals surface area contributed by atoms with Crippen LogP contribution in [0.1, 0.15) is 38.7 Å². The molecule has 1 fully saturated rings. The zero-order valence-corrected chi connectivity index (χ0v) is 11.8. The molecule has 0 spiro atoms. The van der Waals surface area contributed by atoms with Gasteiger partial charge in [-0.15, -0.1) is 0 Å². The molecule has 0 amide bonds. The Hall–Kier alpha value is -1.55. The fraction of sp³-hybridized carbons (Fsp3) is 0.533. The molecular formula is C15H22N2O2.